The van der Waals surface area contributed by atoms with Crippen LogP contribution < -0.4 is 0 Å². The summed E-state index contributed by atoms with van der Waals surface area (Å²) in [6.07, 6.45) is 4.17. The van der Waals surface area contributed by atoms with Gasteiger partial charge >= 0.3 is 5.97 Å². The molecule has 1 aromatic heterocycles. The predicted octanol–water partition coefficient (Wildman–Crippen LogP) is 1.15. The Morgan fingerprint density at radius 1 is 1.33 bits per heavy atom. The van der Waals surface area contributed by atoms with Crippen molar-refractivity contribution in [2.75, 3.05) is 13.2 Å². The van der Waals surface area contributed by atoms with Crippen molar-refractivity contribution in [3.8, 4) is 0 Å². The van der Waals surface area contributed by atoms with Crippen LogP contribution in [0.3, 0.4) is 0 Å². The molecule has 1 heterocycles. The normalized spacial score (nSPS) is 10.3. The van der Waals surface area contributed by atoms with Crippen molar-refractivity contribution in [1.29, 1.82) is 0 Å². The van der Waals surface area contributed by atoms with Crippen LogP contribution >= 0.6 is 0 Å². The van der Waals surface area contributed by atoms with E-state index in [1.807, 2.05) is 12.1 Å². The van der Waals surface area contributed by atoms with E-state index in [9.17, 15) is 4.79 Å². The first-order chi connectivity index (χ1) is 8.79. The minimum atomic E-state index is -0.423. The van der Waals surface area contributed by atoms with Gasteiger partial charge in [-0.25, -0.2) is 9.78 Å². The fourth-order valence-corrected chi connectivity index (χ4v) is 1.57. The van der Waals surface area contributed by atoms with Gasteiger partial charge in [-0.05, 0) is 17.7 Å². The van der Waals surface area contributed by atoms with E-state index in [0.717, 1.165) is 11.4 Å². The quantitative estimate of drug-likeness (QED) is 0.776. The molecule has 2 N–H and O–H groups in total. The second kappa shape index (κ2) is 5.97. The van der Waals surface area contributed by atoms with E-state index in [0.29, 0.717) is 12.0 Å². The number of carbonyl (C=O) groups is 1. The summed E-state index contributed by atoms with van der Waals surface area (Å²) in [5.41, 5.74) is 1.54. The van der Waals surface area contributed by atoms with Gasteiger partial charge < -0.3 is 14.8 Å². The van der Waals surface area contributed by atoms with E-state index in [1.54, 1.807) is 24.5 Å². The SMILES string of the molecule is O=C(OCCO)c1ccc(Cc2ncc[nH]2)cc1. The number of esters is 1. The molecule has 1 aromatic carbocycles. The minimum absolute atomic E-state index is 0.0208. The zero-order valence-corrected chi connectivity index (χ0v) is 9.80. The molecule has 0 radical (unpaired) electrons. The first-order valence-corrected chi connectivity index (χ1v) is 5.65. The molecule has 0 fully saturated rings. The number of aromatic nitrogens is 2. The number of imidazole rings is 1. The van der Waals surface area contributed by atoms with Crippen molar-refractivity contribution in [2.45, 2.75) is 6.42 Å². The van der Waals surface area contributed by atoms with E-state index < -0.39 is 5.97 Å². The number of hydrogen-bond acceptors (Lipinski definition) is 4. The van der Waals surface area contributed by atoms with E-state index in [-0.39, 0.29) is 13.2 Å². The number of aromatic amines is 1. The summed E-state index contributed by atoms with van der Waals surface area (Å²) in [6, 6.07) is 7.13. The van der Waals surface area contributed by atoms with E-state index >= 15 is 0 Å². The maximum atomic E-state index is 11.5. The maximum absolute atomic E-state index is 11.5. The molecule has 5 heteroatoms. The molecule has 0 atom stereocenters. The fourth-order valence-electron chi connectivity index (χ4n) is 1.57. The standard InChI is InChI=1S/C13H14N2O3/c16-7-8-18-13(17)11-3-1-10(2-4-11)9-12-14-5-6-15-12/h1-6,16H,7-9H2,(H,14,15). The topological polar surface area (TPSA) is 75.2 Å². The van der Waals surface area contributed by atoms with Crippen LogP contribution in [0.2, 0.25) is 0 Å². The Labute approximate surface area is 104 Å². The number of benzene rings is 1. The van der Waals surface area contributed by atoms with Gasteiger partial charge in [-0.2, -0.15) is 0 Å². The Morgan fingerprint density at radius 2 is 2.11 bits per heavy atom. The number of nitrogens with one attached hydrogen (secondary N) is 1. The Kier molecular flexibility index (Phi) is 4.09. The predicted molar refractivity (Wildman–Crippen MR) is 65.2 cm³/mol. The third-order valence-corrected chi connectivity index (χ3v) is 2.44. The number of rotatable bonds is 5. The summed E-state index contributed by atoms with van der Waals surface area (Å²) in [4.78, 5) is 18.6. The summed E-state index contributed by atoms with van der Waals surface area (Å²) in [5, 5.41) is 8.56. The Bertz CT molecular complexity index is 491. The smallest absolute Gasteiger partial charge is 0.338 e. The van der Waals surface area contributed by atoms with Crippen LogP contribution in [0, 0.1) is 0 Å². The van der Waals surface area contributed by atoms with Crippen molar-refractivity contribution < 1.29 is 14.6 Å². The van der Waals surface area contributed by atoms with Gasteiger partial charge in [0.15, 0.2) is 0 Å². The summed E-state index contributed by atoms with van der Waals surface area (Å²) < 4.78 is 4.82. The van der Waals surface area contributed by atoms with Gasteiger partial charge in [-0.15, -0.1) is 0 Å². The lowest BCUT2D eigenvalue weighted by atomic mass is 10.1. The molecule has 2 aromatic rings. The molecule has 0 saturated heterocycles. The first-order valence-electron chi connectivity index (χ1n) is 5.65. The molecule has 94 valence electrons. The van der Waals surface area contributed by atoms with Crippen LogP contribution in [0.4, 0.5) is 0 Å². The lowest BCUT2D eigenvalue weighted by molar-refractivity contribution is 0.0434. The number of aliphatic hydroxyl groups excluding tert-OH is 1. The number of ether oxygens (including phenoxy) is 1. The van der Waals surface area contributed by atoms with Gasteiger partial charge in [-0.1, -0.05) is 12.1 Å². The van der Waals surface area contributed by atoms with E-state index in [2.05, 4.69) is 9.97 Å². The molecular weight excluding hydrogens is 232 g/mol. The van der Waals surface area contributed by atoms with Crippen LogP contribution in [0.1, 0.15) is 21.7 Å². The summed E-state index contributed by atoms with van der Waals surface area (Å²) in [7, 11) is 0. The zero-order valence-electron chi connectivity index (χ0n) is 9.80. The van der Waals surface area contributed by atoms with Crippen LogP contribution in [-0.2, 0) is 11.2 Å². The molecule has 0 bridgehead atoms. The Morgan fingerprint density at radius 3 is 2.72 bits per heavy atom. The minimum Gasteiger partial charge on any atom is -0.460 e. The molecule has 0 amide bonds. The van der Waals surface area contributed by atoms with Gasteiger partial charge in [-0.3, -0.25) is 0 Å². The van der Waals surface area contributed by atoms with Gasteiger partial charge in [0.25, 0.3) is 0 Å². The maximum Gasteiger partial charge on any atom is 0.338 e. The second-order valence-corrected chi connectivity index (χ2v) is 3.77. The molecule has 0 spiro atoms. The lowest BCUT2D eigenvalue weighted by Gasteiger charge is -2.04. The number of carbonyl (C=O) groups excluding carboxylic acids is 1. The highest BCUT2D eigenvalue weighted by molar-refractivity contribution is 5.89. The van der Waals surface area contributed by atoms with Gasteiger partial charge in [0.2, 0.25) is 0 Å². The highest BCUT2D eigenvalue weighted by Gasteiger charge is 2.06. The van der Waals surface area contributed by atoms with Crippen molar-refractivity contribution in [3.05, 3.63) is 53.6 Å². The monoisotopic (exact) mass is 246 g/mol. The summed E-state index contributed by atoms with van der Waals surface area (Å²) in [6.45, 7) is -0.144. The molecule has 0 unspecified atom stereocenters. The van der Waals surface area contributed by atoms with Crippen molar-refractivity contribution in [2.24, 2.45) is 0 Å². The number of H-pyrrole nitrogens is 1. The van der Waals surface area contributed by atoms with Crippen molar-refractivity contribution in [1.82, 2.24) is 9.97 Å². The Balaban J connectivity index is 1.99. The average Bonchev–Trinajstić information content (AvgIpc) is 2.89. The first kappa shape index (κ1) is 12.3. The highest BCUT2D eigenvalue weighted by Crippen LogP contribution is 2.09. The summed E-state index contributed by atoms with van der Waals surface area (Å²) >= 11 is 0. The van der Waals surface area contributed by atoms with Gasteiger partial charge in [0, 0.05) is 18.8 Å². The number of hydrogen-bond donors (Lipinski definition) is 2. The summed E-state index contributed by atoms with van der Waals surface area (Å²) in [5.74, 6) is 0.458. The van der Waals surface area contributed by atoms with Crippen LogP contribution in [0.5, 0.6) is 0 Å². The van der Waals surface area contributed by atoms with Crippen LogP contribution in [0.15, 0.2) is 36.7 Å². The number of aliphatic hydroxyl groups is 1. The van der Waals surface area contributed by atoms with Gasteiger partial charge in [0.05, 0.1) is 12.2 Å². The van der Waals surface area contributed by atoms with Crippen LogP contribution in [0.25, 0.3) is 0 Å². The molecule has 0 saturated carbocycles. The molecule has 0 aliphatic rings. The van der Waals surface area contributed by atoms with E-state index in [1.165, 1.54) is 0 Å². The highest BCUT2D eigenvalue weighted by atomic mass is 16.5. The second-order valence-electron chi connectivity index (χ2n) is 3.77. The lowest BCUT2D eigenvalue weighted by Crippen LogP contribution is -2.08. The number of nitrogens with zero attached hydrogens (tertiary/aromatic N) is 1. The largest absolute Gasteiger partial charge is 0.460 e. The molecule has 2 rings (SSSR count). The molecular formula is C13H14N2O3. The van der Waals surface area contributed by atoms with Crippen LogP contribution in [-0.4, -0.2) is 34.3 Å². The van der Waals surface area contributed by atoms with Crippen molar-refractivity contribution >= 4 is 5.97 Å². The van der Waals surface area contributed by atoms with Crippen molar-refractivity contribution in [3.63, 3.8) is 0 Å². The molecule has 0 aliphatic carbocycles. The third-order valence-electron chi connectivity index (χ3n) is 2.44. The Hall–Kier alpha value is -2.14. The molecule has 5 nitrogen and oxygen atoms in total. The molecule has 18 heavy (non-hydrogen) atoms. The van der Waals surface area contributed by atoms with Gasteiger partial charge in [0.1, 0.15) is 12.4 Å². The third kappa shape index (κ3) is 3.18. The molecule has 0 aliphatic heterocycles. The fraction of sp³-hybridized carbons (Fsp3) is 0.231. The van der Waals surface area contributed by atoms with E-state index in [4.69, 9.17) is 9.84 Å². The zero-order chi connectivity index (χ0) is 12.8. The average molecular weight is 246 g/mol.